The molecule has 2 N–H and O–H groups in total. The summed E-state index contributed by atoms with van der Waals surface area (Å²) in [4.78, 5) is 36.0. The third kappa shape index (κ3) is 2.15. The van der Waals surface area contributed by atoms with Crippen LogP contribution in [0.2, 0.25) is 0 Å². The second-order valence-electron chi connectivity index (χ2n) is 3.99. The summed E-state index contributed by atoms with van der Waals surface area (Å²) in [7, 11) is 0. The van der Waals surface area contributed by atoms with Gasteiger partial charge in [-0.05, 0) is 0 Å². The van der Waals surface area contributed by atoms with Gasteiger partial charge in [-0.2, -0.15) is 0 Å². The smallest absolute Gasteiger partial charge is 0.395 e. The van der Waals surface area contributed by atoms with E-state index < -0.39 is 5.91 Å². The molecule has 0 saturated heterocycles. The average molecular weight is 263 g/mol. The molecule has 7 nitrogen and oxygen atoms in total. The van der Waals surface area contributed by atoms with Crippen molar-refractivity contribution in [2.24, 2.45) is 0 Å². The molecule has 0 bridgehead atoms. The van der Waals surface area contributed by atoms with E-state index in [1.165, 1.54) is 19.1 Å². The Bertz CT molecular complexity index is 607. The molecule has 0 aliphatic carbocycles. The van der Waals surface area contributed by atoms with Gasteiger partial charge in [0, 0.05) is 35.4 Å². The summed E-state index contributed by atoms with van der Waals surface area (Å²) in [5.74, 6) is -0.683. The summed E-state index contributed by atoms with van der Waals surface area (Å²) in [6.45, 7) is 1.18. The molecule has 0 radical (unpaired) electrons. The van der Waals surface area contributed by atoms with E-state index in [1.54, 1.807) is 12.1 Å². The maximum Gasteiger partial charge on any atom is 0.398 e. The average Bonchev–Trinajstić information content (AvgIpc) is 2.43. The quantitative estimate of drug-likeness (QED) is 0.791. The first-order chi connectivity index (χ1) is 9.07. The van der Waals surface area contributed by atoms with Crippen LogP contribution in [0.5, 0.6) is 0 Å². The zero-order chi connectivity index (χ0) is 14.0. The van der Waals surface area contributed by atoms with Gasteiger partial charge in [0.2, 0.25) is 0 Å². The Hall–Kier alpha value is -2.41. The third-order valence-electron chi connectivity index (χ3n) is 2.78. The van der Waals surface area contributed by atoms with Gasteiger partial charge in [-0.3, -0.25) is 4.79 Å². The number of para-hydroxylation sites is 2. The van der Waals surface area contributed by atoms with Crippen LogP contribution in [0.4, 0.5) is 11.4 Å². The summed E-state index contributed by atoms with van der Waals surface area (Å²) in [6.07, 6.45) is 0. The molecule has 19 heavy (non-hydrogen) atoms. The Morgan fingerprint density at radius 2 is 1.79 bits per heavy atom. The van der Waals surface area contributed by atoms with Crippen molar-refractivity contribution < 1.29 is 19.4 Å². The third-order valence-corrected chi connectivity index (χ3v) is 2.78. The maximum absolute atomic E-state index is 12.1. The van der Waals surface area contributed by atoms with Crippen molar-refractivity contribution in [3.05, 3.63) is 45.5 Å². The van der Waals surface area contributed by atoms with E-state index in [4.69, 9.17) is 5.11 Å². The molecule has 0 saturated carbocycles. The number of nitrogens with one attached hydrogen (secondary N) is 1. The van der Waals surface area contributed by atoms with Crippen molar-refractivity contribution in [1.82, 2.24) is 5.32 Å². The van der Waals surface area contributed by atoms with E-state index in [0.717, 1.165) is 0 Å². The van der Waals surface area contributed by atoms with Crippen LogP contribution in [-0.2, 0) is 4.79 Å². The summed E-state index contributed by atoms with van der Waals surface area (Å²) < 4.78 is 0.989. The fourth-order valence-electron chi connectivity index (χ4n) is 1.86. The van der Waals surface area contributed by atoms with Crippen LogP contribution >= 0.6 is 0 Å². The van der Waals surface area contributed by atoms with Crippen molar-refractivity contribution in [3.63, 3.8) is 0 Å². The molecule has 7 heteroatoms. The van der Waals surface area contributed by atoms with Gasteiger partial charge >= 0.3 is 28.7 Å². The second kappa shape index (κ2) is 5.07. The number of benzene rings is 1. The summed E-state index contributed by atoms with van der Waals surface area (Å²) >= 11 is 0. The Morgan fingerprint density at radius 1 is 1.21 bits per heavy atom. The molecule has 2 rings (SSSR count). The molecular weight excluding hydrogens is 250 g/mol. The molecule has 0 aromatic heterocycles. The Labute approximate surface area is 108 Å². The first-order valence-corrected chi connectivity index (χ1v) is 5.71. The van der Waals surface area contributed by atoms with Crippen molar-refractivity contribution in [3.8, 4) is 0 Å². The van der Waals surface area contributed by atoms with Gasteiger partial charge in [-0.15, -0.1) is 0 Å². The van der Waals surface area contributed by atoms with Gasteiger partial charge in [-0.25, -0.2) is 0 Å². The Morgan fingerprint density at radius 3 is 2.37 bits per heavy atom. The van der Waals surface area contributed by atoms with Crippen LogP contribution in [-0.4, -0.2) is 33.7 Å². The Kier molecular flexibility index (Phi) is 3.48. The predicted molar refractivity (Wildman–Crippen MR) is 65.8 cm³/mol. The number of hydrogen-bond donors (Lipinski definition) is 2. The van der Waals surface area contributed by atoms with Crippen molar-refractivity contribution in [2.45, 2.75) is 6.92 Å². The van der Waals surface area contributed by atoms with Crippen LogP contribution in [0.15, 0.2) is 35.7 Å². The predicted octanol–water partition coefficient (Wildman–Crippen LogP) is 0.861. The number of carbonyl (C=O) groups is 1. The van der Waals surface area contributed by atoms with Crippen LogP contribution < -0.4 is 5.32 Å². The van der Waals surface area contributed by atoms with E-state index in [2.05, 4.69) is 5.32 Å². The summed E-state index contributed by atoms with van der Waals surface area (Å²) in [6, 6.07) is 6.24. The minimum atomic E-state index is -0.683. The molecule has 1 aromatic rings. The summed E-state index contributed by atoms with van der Waals surface area (Å²) in [5.41, 5.74) is 0.0808. The second-order valence-corrected chi connectivity index (χ2v) is 3.99. The molecular formula is C12H13N3O4+2. The SMILES string of the molecule is CC1=C(C(=O)NCCO)[N+](=O)c2ccccc2[N+]1=O. The molecule has 1 aliphatic rings. The van der Waals surface area contributed by atoms with Gasteiger partial charge in [0.15, 0.2) is 0 Å². The minimum Gasteiger partial charge on any atom is -0.395 e. The lowest BCUT2D eigenvalue weighted by Crippen LogP contribution is -2.33. The van der Waals surface area contributed by atoms with Gasteiger partial charge in [-0.1, -0.05) is 12.1 Å². The highest BCUT2D eigenvalue weighted by molar-refractivity contribution is 5.92. The van der Waals surface area contributed by atoms with Crippen LogP contribution in [0.3, 0.4) is 0 Å². The zero-order valence-corrected chi connectivity index (χ0v) is 10.3. The lowest BCUT2D eigenvalue weighted by molar-refractivity contribution is -0.484. The molecule has 1 heterocycles. The molecule has 0 unspecified atom stereocenters. The highest BCUT2D eigenvalue weighted by Crippen LogP contribution is 2.35. The highest BCUT2D eigenvalue weighted by atomic mass is 16.3. The number of amides is 1. The van der Waals surface area contributed by atoms with E-state index in [9.17, 15) is 14.6 Å². The first kappa shape index (κ1) is 13.0. The van der Waals surface area contributed by atoms with Crippen LogP contribution in [0.1, 0.15) is 6.92 Å². The number of aliphatic hydroxyl groups excluding tert-OH is 1. The largest absolute Gasteiger partial charge is 0.398 e. The topological polar surface area (TPSA) is 89.5 Å². The van der Waals surface area contributed by atoms with Gasteiger partial charge in [0.25, 0.3) is 0 Å². The lowest BCUT2D eigenvalue weighted by atomic mass is 10.1. The molecule has 0 spiro atoms. The van der Waals surface area contributed by atoms with Crippen LogP contribution in [0, 0.1) is 9.81 Å². The number of nitroso groups, excluding NO2 is 2. The van der Waals surface area contributed by atoms with Gasteiger partial charge < -0.3 is 10.4 Å². The van der Waals surface area contributed by atoms with Crippen molar-refractivity contribution >= 4 is 17.3 Å². The number of nitrogens with zero attached hydrogens (tertiary/aromatic N) is 2. The van der Waals surface area contributed by atoms with E-state index in [0.29, 0.717) is 9.52 Å². The number of fused-ring (bicyclic) bond motifs is 1. The minimum absolute atomic E-state index is 0.0177. The Balaban J connectivity index is 2.46. The molecule has 98 valence electrons. The van der Waals surface area contributed by atoms with Crippen LogP contribution in [0.25, 0.3) is 0 Å². The fraction of sp³-hybridized carbons (Fsp3) is 0.250. The maximum atomic E-state index is 12.1. The van der Waals surface area contributed by atoms with E-state index in [-0.39, 0.29) is 35.9 Å². The van der Waals surface area contributed by atoms with Crippen molar-refractivity contribution in [1.29, 1.82) is 0 Å². The van der Waals surface area contributed by atoms with Crippen molar-refractivity contribution in [2.75, 3.05) is 13.2 Å². The number of allylic oxidation sites excluding steroid dienone is 1. The zero-order valence-electron chi connectivity index (χ0n) is 10.3. The van der Waals surface area contributed by atoms with E-state index in [1.807, 2.05) is 0 Å². The van der Waals surface area contributed by atoms with Gasteiger partial charge in [0.1, 0.15) is 0 Å². The summed E-state index contributed by atoms with van der Waals surface area (Å²) in [5, 5.41) is 11.0. The highest BCUT2D eigenvalue weighted by Gasteiger charge is 2.48. The van der Waals surface area contributed by atoms with Gasteiger partial charge in [0.05, 0.1) is 16.1 Å². The number of hydrogen-bond acceptors (Lipinski definition) is 4. The number of carbonyl (C=O) groups excluding carboxylic acids is 1. The standard InChI is InChI=1S/C12H12N3O4/c1-8-11(12(17)13-6-7-16)15(19)10-5-3-2-4-9(10)14(8)18/h2-5,16H,6-7H2,1H3/q+1/p+1. The first-order valence-electron chi connectivity index (χ1n) is 5.71. The molecule has 1 aliphatic heterocycles. The number of aliphatic hydroxyl groups is 1. The lowest BCUT2D eigenvalue weighted by Gasteiger charge is -2.05. The molecule has 0 atom stereocenters. The molecule has 1 amide bonds. The number of rotatable bonds is 3. The fourth-order valence-corrected chi connectivity index (χ4v) is 1.86. The molecule has 1 aromatic carbocycles. The molecule has 0 fully saturated rings. The monoisotopic (exact) mass is 263 g/mol. The van der Waals surface area contributed by atoms with E-state index >= 15 is 0 Å². The normalized spacial score (nSPS) is 14.4.